The van der Waals surface area contributed by atoms with Crippen molar-refractivity contribution in [1.29, 1.82) is 0 Å². The van der Waals surface area contributed by atoms with Gasteiger partial charge in [-0.05, 0) is 101 Å². The van der Waals surface area contributed by atoms with Crippen LogP contribution in [-0.2, 0) is 9.53 Å². The highest BCUT2D eigenvalue weighted by molar-refractivity contribution is 5.78. The molecule has 54 heavy (non-hydrogen) atoms. The molecule has 0 saturated heterocycles. The van der Waals surface area contributed by atoms with Crippen LogP contribution in [0.1, 0.15) is 72.1 Å². The Labute approximate surface area is 292 Å². The van der Waals surface area contributed by atoms with Gasteiger partial charge in [0.25, 0.3) is 5.60 Å². The SMILES string of the molecule is CC1C2CC(CC(O)(C(F)(F)F)C(F)(F)F)C(C2)C1CC(C)(C(=O)OC(C1CCC(C(C)(C(F)(F)F)C(F)(F)F)CC1)(C(F)(F)F)C(F)(F)F)C(F)(F)F. The minimum atomic E-state index is -6.90. The first-order valence-electron chi connectivity index (χ1n) is 16.1. The molecule has 2 bridgehead atoms. The molecule has 0 amide bonds. The Balaban J connectivity index is 2.04. The van der Waals surface area contributed by atoms with Crippen LogP contribution < -0.4 is 0 Å². The van der Waals surface area contributed by atoms with Gasteiger partial charge in [0.05, 0.1) is 0 Å². The number of hydrogen-bond donors (Lipinski definition) is 1. The first-order valence-corrected chi connectivity index (χ1v) is 16.1. The fourth-order valence-corrected chi connectivity index (χ4v) is 8.81. The second kappa shape index (κ2) is 13.5. The smallest absolute Gasteiger partial charge is 0.437 e. The maximum absolute atomic E-state index is 14.7. The lowest BCUT2D eigenvalue weighted by molar-refractivity contribution is -0.396. The summed E-state index contributed by atoms with van der Waals surface area (Å²) < 4.78 is 297. The third-order valence-electron chi connectivity index (χ3n) is 12.4. The number of carbonyl (C=O) groups excluding carboxylic acids is 1. The van der Waals surface area contributed by atoms with Crippen LogP contribution in [0.5, 0.6) is 0 Å². The number of fused-ring (bicyclic) bond motifs is 2. The third kappa shape index (κ3) is 7.31. The second-order valence-corrected chi connectivity index (χ2v) is 15.1. The van der Waals surface area contributed by atoms with Gasteiger partial charge < -0.3 is 9.84 Å². The summed E-state index contributed by atoms with van der Waals surface area (Å²) in [6, 6.07) is 0. The molecule has 3 aliphatic rings. The molecule has 24 heteroatoms. The van der Waals surface area contributed by atoms with Crippen LogP contribution in [-0.4, -0.2) is 65.5 Å². The summed E-state index contributed by atoms with van der Waals surface area (Å²) in [5.41, 5.74) is -20.3. The molecule has 1 N–H and O–H groups in total. The van der Waals surface area contributed by atoms with Gasteiger partial charge in [0.15, 0.2) is 10.8 Å². The van der Waals surface area contributed by atoms with E-state index in [0.29, 0.717) is 0 Å². The van der Waals surface area contributed by atoms with Crippen LogP contribution in [0.15, 0.2) is 0 Å². The number of aliphatic hydroxyl groups is 1. The number of carbonyl (C=O) groups is 1. The van der Waals surface area contributed by atoms with E-state index in [4.69, 9.17) is 0 Å². The van der Waals surface area contributed by atoms with Crippen molar-refractivity contribution in [2.75, 3.05) is 0 Å². The lowest BCUT2D eigenvalue weighted by atomic mass is 9.63. The largest absolute Gasteiger partial charge is 0.438 e. The van der Waals surface area contributed by atoms with E-state index < -0.39 is 164 Å². The Hall–Kier alpha value is -2.04. The van der Waals surface area contributed by atoms with E-state index in [9.17, 15) is 102 Å². The van der Waals surface area contributed by atoms with Crippen LogP contribution in [0.2, 0.25) is 0 Å². The monoisotopic (exact) mass is 840 g/mol. The predicted molar refractivity (Wildman–Crippen MR) is 139 cm³/mol. The number of rotatable bonds is 8. The lowest BCUT2D eigenvalue weighted by Gasteiger charge is -2.49. The second-order valence-electron chi connectivity index (χ2n) is 15.1. The van der Waals surface area contributed by atoms with Crippen molar-refractivity contribution >= 4 is 5.97 Å². The molecule has 6 unspecified atom stereocenters. The minimum absolute atomic E-state index is 0.211. The Kier molecular flexibility index (Phi) is 11.6. The minimum Gasteiger partial charge on any atom is -0.438 e. The van der Waals surface area contributed by atoms with Gasteiger partial charge in [0.2, 0.25) is 0 Å². The predicted octanol–water partition coefficient (Wildman–Crippen LogP) is 11.4. The zero-order chi connectivity index (χ0) is 42.5. The highest BCUT2D eigenvalue weighted by atomic mass is 19.4. The topological polar surface area (TPSA) is 46.5 Å². The van der Waals surface area contributed by atoms with Gasteiger partial charge in [-0.15, -0.1) is 0 Å². The molecule has 3 aliphatic carbocycles. The normalized spacial score (nSPS) is 29.7. The molecular weight excluding hydrogens is 807 g/mol. The van der Waals surface area contributed by atoms with Crippen molar-refractivity contribution in [3.63, 3.8) is 0 Å². The highest BCUT2D eigenvalue weighted by Gasteiger charge is 2.80. The fraction of sp³-hybridized carbons (Fsp3) is 0.967. The molecule has 0 spiro atoms. The van der Waals surface area contributed by atoms with Crippen molar-refractivity contribution in [1.82, 2.24) is 0 Å². The molecule has 0 heterocycles. The summed E-state index contributed by atoms with van der Waals surface area (Å²) in [5.74, 6) is -16.5. The van der Waals surface area contributed by atoms with Crippen LogP contribution in [0, 0.1) is 52.3 Å². The van der Waals surface area contributed by atoms with E-state index in [1.165, 1.54) is 0 Å². The molecule has 0 radical (unpaired) electrons. The van der Waals surface area contributed by atoms with E-state index in [-0.39, 0.29) is 13.8 Å². The summed E-state index contributed by atoms with van der Waals surface area (Å²) in [5, 5.41) is 9.69. The number of hydrogen-bond acceptors (Lipinski definition) is 3. The summed E-state index contributed by atoms with van der Waals surface area (Å²) in [7, 11) is 0. The summed E-state index contributed by atoms with van der Waals surface area (Å²) in [6.45, 7) is 0.552. The number of halogens is 21. The fourth-order valence-electron chi connectivity index (χ4n) is 8.81. The van der Waals surface area contributed by atoms with Crippen LogP contribution in [0.3, 0.4) is 0 Å². The zero-order valence-electron chi connectivity index (χ0n) is 27.9. The molecule has 6 atom stereocenters. The van der Waals surface area contributed by atoms with E-state index in [1.54, 1.807) is 0 Å². The van der Waals surface area contributed by atoms with Gasteiger partial charge in [0, 0.05) is 5.92 Å². The van der Waals surface area contributed by atoms with Crippen molar-refractivity contribution in [2.45, 2.75) is 127 Å². The number of ether oxygens (including phenoxy) is 1. The van der Waals surface area contributed by atoms with Gasteiger partial charge in [0.1, 0.15) is 0 Å². The third-order valence-corrected chi connectivity index (χ3v) is 12.4. The number of esters is 1. The average molecular weight is 841 g/mol. The quantitative estimate of drug-likeness (QED) is 0.196. The van der Waals surface area contributed by atoms with Crippen LogP contribution in [0.25, 0.3) is 0 Å². The van der Waals surface area contributed by atoms with Crippen molar-refractivity contribution in [3.05, 3.63) is 0 Å². The maximum atomic E-state index is 14.7. The molecule has 3 nitrogen and oxygen atoms in total. The Bertz CT molecular complexity index is 1300. The highest BCUT2D eigenvalue weighted by Crippen LogP contribution is 2.65. The van der Waals surface area contributed by atoms with E-state index >= 15 is 0 Å². The Morgan fingerprint density at radius 3 is 1.31 bits per heavy atom. The molecule has 0 aromatic heterocycles. The molecule has 3 saturated carbocycles. The molecular formula is C30H33F21O3. The van der Waals surface area contributed by atoms with Gasteiger partial charge in [-0.2, -0.15) is 92.2 Å². The van der Waals surface area contributed by atoms with Crippen molar-refractivity contribution in [3.8, 4) is 0 Å². The molecule has 3 fully saturated rings. The summed E-state index contributed by atoms with van der Waals surface area (Å²) in [6.07, 6.45) is -56.6. The Morgan fingerprint density at radius 1 is 0.574 bits per heavy atom. The van der Waals surface area contributed by atoms with E-state index in [0.717, 1.165) is 6.92 Å². The standard InChI is InChI=1S/C30H33F21O3/c1-12-13-8-14(10-22(53,27(40,41)42)28(43,44)45)17(9-13)18(12)11-20(2,24(31,32)33)19(52)54-23(29(46,47)48,30(49,50)51)16-6-4-15(5-7-16)21(3,25(34,35)36)26(37,38)39/h12-18,53H,4-11H2,1-3H3. The van der Waals surface area contributed by atoms with E-state index in [2.05, 4.69) is 4.74 Å². The van der Waals surface area contributed by atoms with Gasteiger partial charge >= 0.3 is 54.8 Å². The summed E-state index contributed by atoms with van der Waals surface area (Å²) >= 11 is 0. The van der Waals surface area contributed by atoms with Gasteiger partial charge in [-0.1, -0.05) is 6.92 Å². The molecule has 0 aliphatic heterocycles. The Morgan fingerprint density at radius 2 is 0.981 bits per heavy atom. The first kappa shape index (κ1) is 46.3. The molecule has 0 aromatic carbocycles. The number of alkyl halides is 21. The zero-order valence-corrected chi connectivity index (χ0v) is 27.9. The van der Waals surface area contributed by atoms with Crippen molar-refractivity contribution in [2.24, 2.45) is 52.3 Å². The average Bonchev–Trinajstić information content (AvgIpc) is 3.48. The van der Waals surface area contributed by atoms with Crippen molar-refractivity contribution < 1.29 is 107 Å². The summed E-state index contributed by atoms with van der Waals surface area (Å²) in [4.78, 5) is 13.2. The maximum Gasteiger partial charge on any atom is 0.437 e. The molecule has 318 valence electrons. The van der Waals surface area contributed by atoms with Gasteiger partial charge in [-0.3, -0.25) is 4.79 Å². The lowest BCUT2D eigenvalue weighted by Crippen LogP contribution is -2.66. The van der Waals surface area contributed by atoms with Crippen LogP contribution in [0.4, 0.5) is 92.2 Å². The first-order chi connectivity index (χ1) is 23.7. The van der Waals surface area contributed by atoms with Crippen LogP contribution >= 0.6 is 0 Å². The van der Waals surface area contributed by atoms with Gasteiger partial charge in [-0.25, -0.2) is 0 Å². The van der Waals surface area contributed by atoms with E-state index in [1.807, 2.05) is 0 Å². The molecule has 3 rings (SSSR count). The molecule has 0 aromatic rings.